The molecule has 0 radical (unpaired) electrons. The average molecular weight is 273 g/mol. The molecular formula is C14H15N3OS. The third kappa shape index (κ3) is 2.51. The van der Waals surface area contributed by atoms with Crippen LogP contribution in [0.2, 0.25) is 0 Å². The molecule has 0 saturated carbocycles. The molecule has 4 nitrogen and oxygen atoms in total. The van der Waals surface area contributed by atoms with E-state index in [1.807, 2.05) is 6.07 Å². The quantitative estimate of drug-likeness (QED) is 0.852. The van der Waals surface area contributed by atoms with Gasteiger partial charge in [0.1, 0.15) is 4.88 Å². The predicted octanol–water partition coefficient (Wildman–Crippen LogP) is 2.69. The molecule has 1 amide bonds. The van der Waals surface area contributed by atoms with Crippen LogP contribution in [0.5, 0.6) is 0 Å². The highest BCUT2D eigenvalue weighted by atomic mass is 32.1. The van der Waals surface area contributed by atoms with Crippen LogP contribution in [-0.2, 0) is 0 Å². The SMILES string of the molecule is C=CCN(CC=C)C(=O)c1sc2cnccc2c1N. The van der Waals surface area contributed by atoms with Gasteiger partial charge in [-0.05, 0) is 6.07 Å². The zero-order valence-corrected chi connectivity index (χ0v) is 11.3. The van der Waals surface area contributed by atoms with Gasteiger partial charge in [0, 0.05) is 30.9 Å². The molecule has 0 atom stereocenters. The zero-order chi connectivity index (χ0) is 13.8. The van der Waals surface area contributed by atoms with Crippen molar-refractivity contribution in [3.05, 3.63) is 48.6 Å². The van der Waals surface area contributed by atoms with Crippen LogP contribution in [0, 0.1) is 0 Å². The Kier molecular flexibility index (Phi) is 3.97. The summed E-state index contributed by atoms with van der Waals surface area (Å²) in [5, 5.41) is 0.875. The molecule has 5 heteroatoms. The van der Waals surface area contributed by atoms with Crippen LogP contribution in [0.4, 0.5) is 5.69 Å². The molecule has 2 aromatic rings. The molecule has 0 spiro atoms. The Balaban J connectivity index is 2.42. The van der Waals surface area contributed by atoms with Crippen LogP contribution in [-0.4, -0.2) is 28.9 Å². The number of nitrogens with zero attached hydrogens (tertiary/aromatic N) is 2. The van der Waals surface area contributed by atoms with Gasteiger partial charge in [-0.15, -0.1) is 24.5 Å². The lowest BCUT2D eigenvalue weighted by atomic mass is 10.2. The molecule has 2 rings (SSSR count). The maximum absolute atomic E-state index is 12.5. The van der Waals surface area contributed by atoms with Crippen LogP contribution in [0.1, 0.15) is 9.67 Å². The van der Waals surface area contributed by atoms with Crippen LogP contribution < -0.4 is 5.73 Å². The van der Waals surface area contributed by atoms with Crippen molar-refractivity contribution in [1.29, 1.82) is 0 Å². The highest BCUT2D eigenvalue weighted by Gasteiger charge is 2.20. The van der Waals surface area contributed by atoms with E-state index in [4.69, 9.17) is 5.73 Å². The summed E-state index contributed by atoms with van der Waals surface area (Å²) in [4.78, 5) is 18.7. The first kappa shape index (κ1) is 13.3. The Bertz CT molecular complexity index is 623. The number of nitrogens with two attached hydrogens (primary N) is 1. The van der Waals surface area contributed by atoms with Crippen molar-refractivity contribution in [3.8, 4) is 0 Å². The van der Waals surface area contributed by atoms with Crippen molar-refractivity contribution >= 4 is 33.0 Å². The Hall–Kier alpha value is -2.14. The van der Waals surface area contributed by atoms with Crippen LogP contribution in [0.25, 0.3) is 10.1 Å². The molecule has 19 heavy (non-hydrogen) atoms. The summed E-state index contributed by atoms with van der Waals surface area (Å²) in [5.41, 5.74) is 6.57. The standard InChI is InChI=1S/C14H15N3OS/c1-3-7-17(8-4-2)14(18)13-12(15)10-5-6-16-9-11(10)19-13/h3-6,9H,1-2,7-8,15H2. The fraction of sp³-hybridized carbons (Fsp3) is 0.143. The van der Waals surface area contributed by atoms with E-state index in [1.165, 1.54) is 11.3 Å². The zero-order valence-electron chi connectivity index (χ0n) is 10.5. The molecule has 0 aliphatic rings. The monoisotopic (exact) mass is 273 g/mol. The van der Waals surface area contributed by atoms with Gasteiger partial charge in [0.2, 0.25) is 0 Å². The summed E-state index contributed by atoms with van der Waals surface area (Å²) < 4.78 is 0.917. The van der Waals surface area contributed by atoms with Crippen molar-refractivity contribution < 1.29 is 4.79 Å². The molecule has 0 bridgehead atoms. The van der Waals surface area contributed by atoms with E-state index in [2.05, 4.69) is 18.1 Å². The first-order valence-electron chi connectivity index (χ1n) is 5.82. The Morgan fingerprint density at radius 2 is 2.11 bits per heavy atom. The minimum absolute atomic E-state index is 0.0986. The van der Waals surface area contributed by atoms with E-state index in [0.717, 1.165) is 10.1 Å². The highest BCUT2D eigenvalue weighted by molar-refractivity contribution is 7.21. The first-order valence-corrected chi connectivity index (χ1v) is 6.63. The summed E-state index contributed by atoms with van der Waals surface area (Å²) in [6.07, 6.45) is 6.77. The summed E-state index contributed by atoms with van der Waals surface area (Å²) in [5.74, 6) is -0.0986. The molecule has 0 fully saturated rings. The lowest BCUT2D eigenvalue weighted by molar-refractivity contribution is 0.0796. The summed E-state index contributed by atoms with van der Waals surface area (Å²) in [6, 6.07) is 1.82. The molecule has 0 unspecified atom stereocenters. The molecule has 0 aliphatic heterocycles. The van der Waals surface area contributed by atoms with E-state index in [0.29, 0.717) is 23.7 Å². The number of aromatic nitrogens is 1. The molecule has 2 heterocycles. The van der Waals surface area contributed by atoms with E-state index >= 15 is 0 Å². The second kappa shape index (κ2) is 5.67. The van der Waals surface area contributed by atoms with Gasteiger partial charge < -0.3 is 10.6 Å². The number of fused-ring (bicyclic) bond motifs is 1. The number of anilines is 1. The first-order chi connectivity index (χ1) is 9.19. The normalized spacial score (nSPS) is 10.3. The molecule has 0 aromatic carbocycles. The summed E-state index contributed by atoms with van der Waals surface area (Å²) in [7, 11) is 0. The maximum atomic E-state index is 12.5. The van der Waals surface area contributed by atoms with Gasteiger partial charge in [-0.3, -0.25) is 9.78 Å². The van der Waals surface area contributed by atoms with Gasteiger partial charge in [-0.25, -0.2) is 0 Å². The largest absolute Gasteiger partial charge is 0.397 e. The second-order valence-electron chi connectivity index (χ2n) is 4.00. The Labute approximate surface area is 115 Å². The van der Waals surface area contributed by atoms with Crippen molar-refractivity contribution in [1.82, 2.24) is 9.88 Å². The summed E-state index contributed by atoms with van der Waals surface area (Å²) in [6.45, 7) is 8.25. The number of nitrogen functional groups attached to an aromatic ring is 1. The van der Waals surface area contributed by atoms with Gasteiger partial charge in [0.05, 0.1) is 10.4 Å². The number of amides is 1. The lowest BCUT2D eigenvalue weighted by Crippen LogP contribution is -2.31. The number of hydrogen-bond donors (Lipinski definition) is 1. The molecule has 2 N–H and O–H groups in total. The molecular weight excluding hydrogens is 258 g/mol. The number of rotatable bonds is 5. The van der Waals surface area contributed by atoms with Gasteiger partial charge >= 0.3 is 0 Å². The van der Waals surface area contributed by atoms with Crippen molar-refractivity contribution in [3.63, 3.8) is 0 Å². The smallest absolute Gasteiger partial charge is 0.266 e. The van der Waals surface area contributed by atoms with Crippen LogP contribution in [0.15, 0.2) is 43.8 Å². The van der Waals surface area contributed by atoms with E-state index < -0.39 is 0 Å². The number of pyridine rings is 1. The average Bonchev–Trinajstić information content (AvgIpc) is 2.76. The number of hydrogen-bond acceptors (Lipinski definition) is 4. The van der Waals surface area contributed by atoms with E-state index in [9.17, 15) is 4.79 Å². The molecule has 0 saturated heterocycles. The van der Waals surface area contributed by atoms with Gasteiger partial charge in [0.25, 0.3) is 5.91 Å². The fourth-order valence-corrected chi connectivity index (χ4v) is 2.88. The highest BCUT2D eigenvalue weighted by Crippen LogP contribution is 2.33. The van der Waals surface area contributed by atoms with Crippen LogP contribution in [0.3, 0.4) is 0 Å². The molecule has 98 valence electrons. The third-order valence-electron chi connectivity index (χ3n) is 2.71. The minimum atomic E-state index is -0.0986. The molecule has 2 aromatic heterocycles. The third-order valence-corrected chi connectivity index (χ3v) is 3.86. The minimum Gasteiger partial charge on any atom is -0.397 e. The van der Waals surface area contributed by atoms with Gasteiger partial charge in [-0.1, -0.05) is 12.2 Å². The fourth-order valence-electron chi connectivity index (χ4n) is 1.83. The van der Waals surface area contributed by atoms with Gasteiger partial charge in [-0.2, -0.15) is 0 Å². The number of carbonyl (C=O) groups is 1. The lowest BCUT2D eigenvalue weighted by Gasteiger charge is -2.18. The number of thiophene rings is 1. The van der Waals surface area contributed by atoms with Crippen molar-refractivity contribution in [2.24, 2.45) is 0 Å². The topological polar surface area (TPSA) is 59.2 Å². The van der Waals surface area contributed by atoms with Crippen LogP contribution >= 0.6 is 11.3 Å². The van der Waals surface area contributed by atoms with Gasteiger partial charge in [0.15, 0.2) is 0 Å². The van der Waals surface area contributed by atoms with E-state index in [1.54, 1.807) is 29.4 Å². The van der Waals surface area contributed by atoms with Crippen molar-refractivity contribution in [2.45, 2.75) is 0 Å². The Morgan fingerprint density at radius 1 is 1.42 bits per heavy atom. The number of carbonyl (C=O) groups excluding carboxylic acids is 1. The molecule has 0 aliphatic carbocycles. The Morgan fingerprint density at radius 3 is 2.68 bits per heavy atom. The van der Waals surface area contributed by atoms with E-state index in [-0.39, 0.29) is 5.91 Å². The second-order valence-corrected chi connectivity index (χ2v) is 5.06. The summed E-state index contributed by atoms with van der Waals surface area (Å²) >= 11 is 1.36. The predicted molar refractivity (Wildman–Crippen MR) is 80.3 cm³/mol. The van der Waals surface area contributed by atoms with Crippen molar-refractivity contribution in [2.75, 3.05) is 18.8 Å². The maximum Gasteiger partial charge on any atom is 0.266 e.